The van der Waals surface area contributed by atoms with Crippen molar-refractivity contribution in [2.45, 2.75) is 18.4 Å². The fraction of sp³-hybridized carbons (Fsp3) is 0.167. The maximum Gasteiger partial charge on any atom is 0.244 e. The van der Waals surface area contributed by atoms with Crippen LogP contribution in [-0.2, 0) is 16.6 Å². The van der Waals surface area contributed by atoms with Crippen molar-refractivity contribution in [3.05, 3.63) is 72.1 Å². The number of nitrogens with zero attached hydrogens (tertiary/aromatic N) is 2. The molecule has 0 fully saturated rings. The number of hydrogen-bond donors (Lipinski definition) is 1. The van der Waals surface area contributed by atoms with Crippen LogP contribution in [0.3, 0.4) is 0 Å². The highest BCUT2D eigenvalue weighted by Gasteiger charge is 2.20. The van der Waals surface area contributed by atoms with Crippen LogP contribution in [0.15, 0.2) is 59.8 Å². The van der Waals surface area contributed by atoms with E-state index in [1.54, 1.807) is 6.20 Å². The molecule has 2 aromatic carbocycles. The number of hydrogen-bond acceptors (Lipinski definition) is 4. The highest BCUT2D eigenvalue weighted by Crippen LogP contribution is 2.24. The van der Waals surface area contributed by atoms with Crippen LogP contribution < -0.4 is 9.46 Å². The van der Waals surface area contributed by atoms with Crippen molar-refractivity contribution in [1.29, 1.82) is 0 Å². The summed E-state index contributed by atoms with van der Waals surface area (Å²) >= 11 is 0. The Bertz CT molecular complexity index is 1010. The monoisotopic (exact) mass is 375 g/mol. The largest absolute Gasteiger partial charge is 0.495 e. The van der Waals surface area contributed by atoms with Crippen molar-refractivity contribution >= 4 is 10.0 Å². The maximum atomic E-state index is 13.4. The second-order valence-corrected chi connectivity index (χ2v) is 7.37. The fourth-order valence-electron chi connectivity index (χ4n) is 2.54. The molecule has 1 N–H and O–H groups in total. The number of nitrogens with one attached hydrogen (secondary N) is 1. The van der Waals surface area contributed by atoms with Crippen LogP contribution in [0.2, 0.25) is 0 Å². The fourth-order valence-corrected chi connectivity index (χ4v) is 3.74. The summed E-state index contributed by atoms with van der Waals surface area (Å²) < 4.78 is 47.8. The minimum Gasteiger partial charge on any atom is -0.495 e. The molecule has 0 saturated carbocycles. The highest BCUT2D eigenvalue weighted by molar-refractivity contribution is 7.89. The van der Waals surface area contributed by atoms with Gasteiger partial charge in [0, 0.05) is 24.6 Å². The summed E-state index contributed by atoms with van der Waals surface area (Å²) in [5.74, 6) is 0.299. The number of aromatic nitrogens is 2. The van der Waals surface area contributed by atoms with Crippen molar-refractivity contribution in [2.24, 2.45) is 0 Å². The zero-order valence-corrected chi connectivity index (χ0v) is 15.1. The zero-order chi connectivity index (χ0) is 18.7. The molecular formula is C18H18FN3O3S. The first-order chi connectivity index (χ1) is 12.4. The van der Waals surface area contributed by atoms with E-state index in [2.05, 4.69) is 9.71 Å². The Hall–Kier alpha value is -2.71. The molecule has 1 aromatic heterocycles. The van der Waals surface area contributed by atoms with Gasteiger partial charge in [-0.1, -0.05) is 12.1 Å². The number of ether oxygens (including phenoxy) is 1. The lowest BCUT2D eigenvalue weighted by molar-refractivity contribution is 0.400. The first-order valence-electron chi connectivity index (χ1n) is 7.83. The van der Waals surface area contributed by atoms with Gasteiger partial charge in [-0.15, -0.1) is 0 Å². The van der Waals surface area contributed by atoms with Gasteiger partial charge in [0.15, 0.2) is 0 Å². The Labute approximate surface area is 151 Å². The van der Waals surface area contributed by atoms with Crippen LogP contribution in [0.25, 0.3) is 5.69 Å². The van der Waals surface area contributed by atoms with Gasteiger partial charge in [0.05, 0.1) is 7.11 Å². The molecule has 6 nitrogen and oxygen atoms in total. The van der Waals surface area contributed by atoms with Crippen LogP contribution in [0.4, 0.5) is 4.39 Å². The van der Waals surface area contributed by atoms with E-state index in [0.717, 1.165) is 29.2 Å². The van der Waals surface area contributed by atoms with Crippen LogP contribution in [0.1, 0.15) is 11.4 Å². The lowest BCUT2D eigenvalue weighted by Crippen LogP contribution is -2.24. The molecule has 136 valence electrons. The van der Waals surface area contributed by atoms with Gasteiger partial charge in [0.1, 0.15) is 22.3 Å². The predicted molar refractivity (Wildman–Crippen MR) is 95.3 cm³/mol. The molecule has 0 radical (unpaired) electrons. The molecule has 0 amide bonds. The summed E-state index contributed by atoms with van der Waals surface area (Å²) in [6, 6.07) is 10.8. The van der Waals surface area contributed by atoms with Crippen LogP contribution >= 0.6 is 0 Å². The van der Waals surface area contributed by atoms with Crippen molar-refractivity contribution in [3.8, 4) is 11.4 Å². The molecule has 0 aliphatic heterocycles. The van der Waals surface area contributed by atoms with Crippen LogP contribution in [-0.4, -0.2) is 25.1 Å². The molecule has 0 bridgehead atoms. The van der Waals surface area contributed by atoms with E-state index in [4.69, 9.17) is 4.74 Å². The van der Waals surface area contributed by atoms with Crippen LogP contribution in [0.5, 0.6) is 5.75 Å². The maximum absolute atomic E-state index is 13.4. The smallest absolute Gasteiger partial charge is 0.244 e. The number of benzene rings is 2. The van der Waals surface area contributed by atoms with E-state index in [-0.39, 0.29) is 17.2 Å². The molecule has 0 spiro atoms. The van der Waals surface area contributed by atoms with Gasteiger partial charge in [-0.2, -0.15) is 0 Å². The molecule has 3 aromatic rings. The van der Waals surface area contributed by atoms with Gasteiger partial charge in [-0.25, -0.2) is 22.5 Å². The van der Waals surface area contributed by atoms with Gasteiger partial charge in [0.2, 0.25) is 10.0 Å². The third-order valence-corrected chi connectivity index (χ3v) is 5.34. The van der Waals surface area contributed by atoms with Crippen LogP contribution in [0, 0.1) is 12.7 Å². The average molecular weight is 375 g/mol. The molecule has 0 unspecified atom stereocenters. The summed E-state index contributed by atoms with van der Waals surface area (Å²) in [6.07, 6.45) is 3.56. The second kappa shape index (κ2) is 7.27. The van der Waals surface area contributed by atoms with E-state index in [9.17, 15) is 12.8 Å². The highest BCUT2D eigenvalue weighted by atomic mass is 32.2. The van der Waals surface area contributed by atoms with Gasteiger partial charge in [-0.05, 0) is 42.8 Å². The Morgan fingerprint density at radius 2 is 1.92 bits per heavy atom. The number of halogens is 1. The third-order valence-electron chi connectivity index (χ3n) is 3.92. The van der Waals surface area contributed by atoms with Crippen molar-refractivity contribution in [3.63, 3.8) is 0 Å². The number of aryl methyl sites for hydroxylation is 1. The van der Waals surface area contributed by atoms with E-state index in [1.807, 2.05) is 42.0 Å². The minimum atomic E-state index is -3.91. The first kappa shape index (κ1) is 18.1. The zero-order valence-electron chi connectivity index (χ0n) is 14.3. The van der Waals surface area contributed by atoms with Crippen molar-refractivity contribution in [1.82, 2.24) is 14.3 Å². The molecule has 8 heteroatoms. The molecule has 1 heterocycles. The quantitative estimate of drug-likeness (QED) is 0.719. The van der Waals surface area contributed by atoms with E-state index >= 15 is 0 Å². The first-order valence-corrected chi connectivity index (χ1v) is 9.31. The number of imidazole rings is 1. The van der Waals surface area contributed by atoms with Gasteiger partial charge in [-0.3, -0.25) is 0 Å². The molecule has 0 aliphatic carbocycles. The van der Waals surface area contributed by atoms with Crippen molar-refractivity contribution < 1.29 is 17.5 Å². The molecular weight excluding hydrogens is 357 g/mol. The third kappa shape index (κ3) is 3.76. The average Bonchev–Trinajstić information content (AvgIpc) is 3.06. The molecule has 3 rings (SSSR count). The Kier molecular flexibility index (Phi) is 5.06. The lowest BCUT2D eigenvalue weighted by Gasteiger charge is -2.11. The van der Waals surface area contributed by atoms with Gasteiger partial charge in [0.25, 0.3) is 0 Å². The second-order valence-electron chi connectivity index (χ2n) is 5.63. The standard InChI is InChI=1S/C18H18FN3O3S/c1-13-20-9-10-22(13)16-6-3-14(4-7-16)12-21-26(23,24)18-11-15(19)5-8-17(18)25-2/h3-11,21H,12H2,1-2H3. The van der Waals surface area contributed by atoms with E-state index in [1.165, 1.54) is 13.2 Å². The molecule has 26 heavy (non-hydrogen) atoms. The van der Waals surface area contributed by atoms with E-state index < -0.39 is 15.8 Å². The lowest BCUT2D eigenvalue weighted by atomic mass is 10.2. The molecule has 0 saturated heterocycles. The van der Waals surface area contributed by atoms with Crippen molar-refractivity contribution in [2.75, 3.05) is 7.11 Å². The Balaban J connectivity index is 1.76. The molecule has 0 aliphatic rings. The Morgan fingerprint density at radius 3 is 2.54 bits per heavy atom. The Morgan fingerprint density at radius 1 is 1.19 bits per heavy atom. The number of methoxy groups -OCH3 is 1. The van der Waals surface area contributed by atoms with Gasteiger partial charge < -0.3 is 9.30 Å². The normalized spacial score (nSPS) is 11.5. The number of rotatable bonds is 6. The number of sulfonamides is 1. The minimum absolute atomic E-state index is 0.0746. The summed E-state index contributed by atoms with van der Waals surface area (Å²) in [4.78, 5) is 3.94. The van der Waals surface area contributed by atoms with E-state index in [0.29, 0.717) is 0 Å². The summed E-state index contributed by atoms with van der Waals surface area (Å²) in [7, 11) is -2.58. The summed E-state index contributed by atoms with van der Waals surface area (Å²) in [5.41, 5.74) is 1.70. The topological polar surface area (TPSA) is 73.2 Å². The van der Waals surface area contributed by atoms with Gasteiger partial charge >= 0.3 is 0 Å². The molecule has 0 atom stereocenters. The predicted octanol–water partition coefficient (Wildman–Crippen LogP) is 2.81. The SMILES string of the molecule is COc1ccc(F)cc1S(=O)(=O)NCc1ccc(-n2ccnc2C)cc1. The summed E-state index contributed by atoms with van der Waals surface area (Å²) in [5, 5.41) is 0. The summed E-state index contributed by atoms with van der Waals surface area (Å²) in [6.45, 7) is 1.97.